The van der Waals surface area contributed by atoms with Crippen molar-refractivity contribution in [3.8, 4) is 11.3 Å². The van der Waals surface area contributed by atoms with Gasteiger partial charge in [-0.1, -0.05) is 45.9 Å². The molecule has 0 spiro atoms. The van der Waals surface area contributed by atoms with Crippen molar-refractivity contribution in [2.75, 3.05) is 0 Å². The molecule has 1 aromatic carbocycles. The number of halogens is 3. The van der Waals surface area contributed by atoms with Crippen LogP contribution in [0.25, 0.3) is 16.9 Å². The maximum Gasteiger partial charge on any atom is 0.416 e. The summed E-state index contributed by atoms with van der Waals surface area (Å²) in [4.78, 5) is 4.31. The van der Waals surface area contributed by atoms with Gasteiger partial charge in [-0.25, -0.2) is 4.98 Å². The lowest BCUT2D eigenvalue weighted by Gasteiger charge is -2.07. The van der Waals surface area contributed by atoms with E-state index in [1.165, 1.54) is 12.1 Å². The van der Waals surface area contributed by atoms with Gasteiger partial charge in [-0.15, -0.1) is 0 Å². The normalized spacial score (nSPS) is 10.5. The Morgan fingerprint density at radius 1 is 0.917 bits per heavy atom. The predicted molar refractivity (Wildman–Crippen MR) is 93.1 cm³/mol. The van der Waals surface area contributed by atoms with Gasteiger partial charge in [0.15, 0.2) is 0 Å². The molecule has 0 saturated heterocycles. The molecule has 0 aliphatic heterocycles. The highest BCUT2D eigenvalue weighted by Gasteiger charge is 2.30. The van der Waals surface area contributed by atoms with Crippen LogP contribution in [-0.4, -0.2) is 9.38 Å². The molecule has 24 heavy (non-hydrogen) atoms. The Labute approximate surface area is 141 Å². The van der Waals surface area contributed by atoms with Crippen LogP contribution in [0, 0.1) is 6.92 Å². The van der Waals surface area contributed by atoms with Gasteiger partial charge in [-0.05, 0) is 30.7 Å². The fraction of sp³-hybridized carbons (Fsp3) is 0.316. The minimum Gasteiger partial charge on any atom is -0.299 e. The maximum absolute atomic E-state index is 12.6. The summed E-state index contributed by atoms with van der Waals surface area (Å²) >= 11 is 0. The first-order chi connectivity index (χ1) is 11.5. The average molecular weight is 336 g/mol. The Bertz CT molecular complexity index is 756. The van der Waals surface area contributed by atoms with Gasteiger partial charge >= 0.3 is 6.18 Å². The molecule has 2 heterocycles. The third kappa shape index (κ3) is 4.16. The number of benzene rings is 1. The molecule has 2 nitrogen and oxygen atoms in total. The molecule has 0 atom stereocenters. The Kier molecular flexibility index (Phi) is 7.01. The van der Waals surface area contributed by atoms with Crippen molar-refractivity contribution in [3.05, 3.63) is 59.9 Å². The van der Waals surface area contributed by atoms with E-state index in [0.717, 1.165) is 29.0 Å². The van der Waals surface area contributed by atoms with Gasteiger partial charge in [-0.2, -0.15) is 13.2 Å². The number of alkyl halides is 3. The van der Waals surface area contributed by atoms with Gasteiger partial charge in [0, 0.05) is 11.8 Å². The number of aromatic nitrogens is 2. The third-order valence-electron chi connectivity index (χ3n) is 3.24. The molecule has 0 unspecified atom stereocenters. The molecule has 5 heteroatoms. The molecular weight excluding hydrogens is 313 g/mol. The highest BCUT2D eigenvalue weighted by atomic mass is 19.4. The maximum atomic E-state index is 12.6. The van der Waals surface area contributed by atoms with E-state index < -0.39 is 11.7 Å². The summed E-state index contributed by atoms with van der Waals surface area (Å²) in [5.41, 5.74) is 2.66. The quantitative estimate of drug-likeness (QED) is 0.504. The van der Waals surface area contributed by atoms with Crippen LogP contribution in [0.2, 0.25) is 0 Å². The van der Waals surface area contributed by atoms with Gasteiger partial charge in [0.1, 0.15) is 5.65 Å². The van der Waals surface area contributed by atoms with Gasteiger partial charge < -0.3 is 0 Å². The molecule has 0 aliphatic carbocycles. The van der Waals surface area contributed by atoms with Gasteiger partial charge in [0.25, 0.3) is 0 Å². The molecule has 0 bridgehead atoms. The number of pyridine rings is 1. The van der Waals surface area contributed by atoms with Crippen LogP contribution in [0.3, 0.4) is 0 Å². The molecular formula is C19H23F3N2. The highest BCUT2D eigenvalue weighted by Crippen LogP contribution is 2.31. The zero-order valence-electron chi connectivity index (χ0n) is 14.6. The first-order valence-electron chi connectivity index (χ1n) is 8.07. The third-order valence-corrected chi connectivity index (χ3v) is 3.24. The van der Waals surface area contributed by atoms with Crippen LogP contribution in [-0.2, 0) is 6.18 Å². The van der Waals surface area contributed by atoms with Crippen LogP contribution in [0.5, 0.6) is 0 Å². The van der Waals surface area contributed by atoms with E-state index in [1.807, 2.05) is 57.3 Å². The van der Waals surface area contributed by atoms with E-state index in [9.17, 15) is 13.2 Å². The number of aryl methyl sites for hydroxylation is 1. The summed E-state index contributed by atoms with van der Waals surface area (Å²) in [6.07, 6.45) is -0.790. The van der Waals surface area contributed by atoms with E-state index in [2.05, 4.69) is 4.98 Å². The molecule has 3 rings (SSSR count). The van der Waals surface area contributed by atoms with Gasteiger partial charge in [-0.3, -0.25) is 4.40 Å². The van der Waals surface area contributed by atoms with Crippen molar-refractivity contribution in [3.63, 3.8) is 0 Å². The minimum absolute atomic E-state index is 0.647. The second-order valence-corrected chi connectivity index (χ2v) is 4.60. The Morgan fingerprint density at radius 3 is 2.04 bits per heavy atom. The summed E-state index contributed by atoms with van der Waals surface area (Å²) in [6.45, 7) is 9.94. The fourth-order valence-electron chi connectivity index (χ4n) is 2.20. The van der Waals surface area contributed by atoms with Crippen LogP contribution in [0.15, 0.2) is 48.8 Å². The molecule has 0 saturated carbocycles. The Morgan fingerprint density at radius 2 is 1.50 bits per heavy atom. The van der Waals surface area contributed by atoms with Crippen molar-refractivity contribution in [1.82, 2.24) is 9.38 Å². The number of hydrogen-bond acceptors (Lipinski definition) is 1. The second kappa shape index (κ2) is 8.52. The SMILES string of the molecule is CC.CC.Cc1cccn2c(-c3ccc(C(F)(F)F)cc3)cnc12. The van der Waals surface area contributed by atoms with E-state index >= 15 is 0 Å². The molecule has 2 aromatic heterocycles. The van der Waals surface area contributed by atoms with Crippen LogP contribution in [0.1, 0.15) is 38.8 Å². The Balaban J connectivity index is 0.000000671. The summed E-state index contributed by atoms with van der Waals surface area (Å²) in [6, 6.07) is 8.94. The molecule has 0 N–H and O–H groups in total. The molecule has 0 aliphatic rings. The van der Waals surface area contributed by atoms with E-state index in [4.69, 9.17) is 0 Å². The number of fused-ring (bicyclic) bond motifs is 1. The second-order valence-electron chi connectivity index (χ2n) is 4.60. The first kappa shape index (κ1) is 19.7. The average Bonchev–Trinajstić information content (AvgIpc) is 3.03. The number of hydrogen-bond donors (Lipinski definition) is 0. The number of imidazole rings is 1. The summed E-state index contributed by atoms with van der Waals surface area (Å²) in [5.74, 6) is 0. The molecule has 0 radical (unpaired) electrons. The van der Waals surface area contributed by atoms with Crippen molar-refractivity contribution >= 4 is 5.65 Å². The Hall–Kier alpha value is -2.30. The van der Waals surface area contributed by atoms with Gasteiger partial charge in [0.05, 0.1) is 17.5 Å². The predicted octanol–water partition coefficient (Wildman–Crippen LogP) is 6.38. The first-order valence-corrected chi connectivity index (χ1v) is 8.07. The van der Waals surface area contributed by atoms with E-state index in [1.54, 1.807) is 6.20 Å². The van der Waals surface area contributed by atoms with Gasteiger partial charge in [0.2, 0.25) is 0 Å². The summed E-state index contributed by atoms with van der Waals surface area (Å²) in [5, 5.41) is 0. The number of rotatable bonds is 1. The lowest BCUT2D eigenvalue weighted by Crippen LogP contribution is -2.04. The molecule has 3 aromatic rings. The smallest absolute Gasteiger partial charge is 0.299 e. The van der Waals surface area contributed by atoms with Crippen molar-refractivity contribution in [2.24, 2.45) is 0 Å². The topological polar surface area (TPSA) is 17.3 Å². The lowest BCUT2D eigenvalue weighted by atomic mass is 10.1. The summed E-state index contributed by atoms with van der Waals surface area (Å²) in [7, 11) is 0. The minimum atomic E-state index is -4.31. The molecule has 0 amide bonds. The van der Waals surface area contributed by atoms with Crippen LogP contribution in [0.4, 0.5) is 13.2 Å². The van der Waals surface area contributed by atoms with Crippen LogP contribution >= 0.6 is 0 Å². The van der Waals surface area contributed by atoms with E-state index in [0.29, 0.717) is 5.56 Å². The van der Waals surface area contributed by atoms with Crippen molar-refractivity contribution < 1.29 is 13.2 Å². The molecule has 0 fully saturated rings. The monoisotopic (exact) mass is 336 g/mol. The van der Waals surface area contributed by atoms with E-state index in [-0.39, 0.29) is 0 Å². The zero-order valence-corrected chi connectivity index (χ0v) is 14.6. The van der Waals surface area contributed by atoms with Crippen molar-refractivity contribution in [2.45, 2.75) is 40.8 Å². The fourth-order valence-corrected chi connectivity index (χ4v) is 2.20. The lowest BCUT2D eigenvalue weighted by molar-refractivity contribution is -0.137. The van der Waals surface area contributed by atoms with Crippen molar-refractivity contribution in [1.29, 1.82) is 0 Å². The standard InChI is InChI=1S/C15H11F3N2.2C2H6/c1-10-3-2-8-20-13(9-19-14(10)20)11-4-6-12(7-5-11)15(16,17)18;2*1-2/h2-9H,1H3;2*1-2H3. The molecule has 130 valence electrons. The highest BCUT2D eigenvalue weighted by molar-refractivity contribution is 5.65. The largest absolute Gasteiger partial charge is 0.416 e. The zero-order chi connectivity index (χ0) is 18.3. The van der Waals surface area contributed by atoms with Crippen LogP contribution < -0.4 is 0 Å². The summed E-state index contributed by atoms with van der Waals surface area (Å²) < 4.78 is 39.5. The number of nitrogens with zero attached hydrogens (tertiary/aromatic N) is 2.